The molecular formula is C16H19N3O4. The van der Waals surface area contributed by atoms with Gasteiger partial charge in [-0.2, -0.15) is 0 Å². The van der Waals surface area contributed by atoms with Crippen LogP contribution in [0.15, 0.2) is 42.7 Å². The maximum Gasteiger partial charge on any atom is 0.408 e. The number of benzene rings is 1. The molecule has 0 aliphatic heterocycles. The summed E-state index contributed by atoms with van der Waals surface area (Å²) in [6, 6.07) is 8.08. The van der Waals surface area contributed by atoms with Crippen molar-refractivity contribution < 1.29 is 19.4 Å². The Balaban J connectivity index is 1.91. The predicted octanol–water partition coefficient (Wildman–Crippen LogP) is 1.83. The van der Waals surface area contributed by atoms with E-state index in [0.29, 0.717) is 12.4 Å². The molecule has 7 heteroatoms. The molecule has 0 saturated heterocycles. The first kappa shape index (κ1) is 16.5. The third-order valence-corrected chi connectivity index (χ3v) is 3.33. The Morgan fingerprint density at radius 3 is 2.74 bits per heavy atom. The molecular weight excluding hydrogens is 298 g/mol. The zero-order valence-electron chi connectivity index (χ0n) is 12.8. The number of carboxylic acids is 1. The van der Waals surface area contributed by atoms with E-state index in [4.69, 9.17) is 4.74 Å². The van der Waals surface area contributed by atoms with Crippen LogP contribution in [0.1, 0.15) is 18.3 Å². The lowest BCUT2D eigenvalue weighted by molar-refractivity contribution is -0.139. The van der Waals surface area contributed by atoms with Crippen LogP contribution in [0.4, 0.5) is 4.79 Å². The highest BCUT2D eigenvalue weighted by molar-refractivity contribution is 5.80. The lowest BCUT2D eigenvalue weighted by Crippen LogP contribution is -2.43. The Labute approximate surface area is 133 Å². The van der Waals surface area contributed by atoms with Gasteiger partial charge in [0.2, 0.25) is 0 Å². The number of hydrogen-bond acceptors (Lipinski definition) is 4. The van der Waals surface area contributed by atoms with E-state index in [2.05, 4.69) is 10.3 Å². The fourth-order valence-corrected chi connectivity index (χ4v) is 2.11. The monoisotopic (exact) mass is 317 g/mol. The molecule has 1 atom stereocenters. The molecule has 0 aliphatic rings. The molecule has 7 nitrogen and oxygen atoms in total. The number of aromatic nitrogens is 2. The molecule has 0 fully saturated rings. The lowest BCUT2D eigenvalue weighted by atomic mass is 10.2. The minimum atomic E-state index is -1.13. The smallest absolute Gasteiger partial charge is 0.408 e. The predicted molar refractivity (Wildman–Crippen MR) is 82.8 cm³/mol. The minimum Gasteiger partial charge on any atom is -0.480 e. The number of imidazole rings is 1. The van der Waals surface area contributed by atoms with Gasteiger partial charge < -0.3 is 19.7 Å². The molecule has 1 aromatic carbocycles. The lowest BCUT2D eigenvalue weighted by Gasteiger charge is -2.15. The number of ether oxygens (including phenoxy) is 1. The molecule has 2 N–H and O–H groups in total. The van der Waals surface area contributed by atoms with Gasteiger partial charge in [-0.25, -0.2) is 14.6 Å². The van der Waals surface area contributed by atoms with Gasteiger partial charge in [-0.3, -0.25) is 0 Å². The van der Waals surface area contributed by atoms with Gasteiger partial charge >= 0.3 is 12.1 Å². The maximum absolute atomic E-state index is 11.8. The van der Waals surface area contributed by atoms with E-state index >= 15 is 0 Å². The second kappa shape index (κ2) is 7.98. The van der Waals surface area contributed by atoms with Crippen molar-refractivity contribution in [2.24, 2.45) is 0 Å². The number of nitrogens with one attached hydrogen (secondary N) is 1. The standard InChI is InChI=1S/C16H19N3O4/c1-2-19-9-8-17-14(19)10-13(15(20)21)18-16(22)23-11-12-6-4-3-5-7-12/h3-9,13H,2,10-11H2,1H3,(H,18,22)(H,20,21). The number of aryl methyl sites for hydroxylation is 1. The van der Waals surface area contributed by atoms with Crippen molar-refractivity contribution in [3.8, 4) is 0 Å². The molecule has 122 valence electrons. The number of hydrogen-bond donors (Lipinski definition) is 2. The molecule has 2 aromatic rings. The van der Waals surface area contributed by atoms with Gasteiger partial charge in [-0.05, 0) is 12.5 Å². The third kappa shape index (κ3) is 4.84. The Morgan fingerprint density at radius 2 is 2.09 bits per heavy atom. The van der Waals surface area contributed by atoms with Crippen LogP contribution < -0.4 is 5.32 Å². The summed E-state index contributed by atoms with van der Waals surface area (Å²) in [5.41, 5.74) is 0.830. The van der Waals surface area contributed by atoms with Crippen LogP contribution in [0.5, 0.6) is 0 Å². The summed E-state index contributed by atoms with van der Waals surface area (Å²) < 4.78 is 6.87. The zero-order valence-corrected chi connectivity index (χ0v) is 12.8. The molecule has 23 heavy (non-hydrogen) atoms. The van der Waals surface area contributed by atoms with Crippen molar-refractivity contribution in [3.05, 3.63) is 54.1 Å². The van der Waals surface area contributed by atoms with Gasteiger partial charge in [0, 0.05) is 25.4 Å². The molecule has 1 unspecified atom stereocenters. The summed E-state index contributed by atoms with van der Waals surface area (Å²) in [7, 11) is 0. The van der Waals surface area contributed by atoms with Gasteiger partial charge in [0.05, 0.1) is 0 Å². The first-order chi connectivity index (χ1) is 11.1. The summed E-state index contributed by atoms with van der Waals surface area (Å²) in [5.74, 6) is -0.532. The van der Waals surface area contributed by atoms with Crippen molar-refractivity contribution >= 4 is 12.1 Å². The number of nitrogens with zero attached hydrogens (tertiary/aromatic N) is 2. The molecule has 2 rings (SSSR count). The van der Waals surface area contributed by atoms with Crippen LogP contribution >= 0.6 is 0 Å². The number of carbonyl (C=O) groups is 2. The van der Waals surface area contributed by atoms with E-state index < -0.39 is 18.1 Å². The average molecular weight is 317 g/mol. The topological polar surface area (TPSA) is 93.5 Å². The van der Waals surface area contributed by atoms with E-state index in [1.54, 1.807) is 12.4 Å². The van der Waals surface area contributed by atoms with Crippen LogP contribution in [-0.2, 0) is 29.1 Å². The highest BCUT2D eigenvalue weighted by Gasteiger charge is 2.23. The second-order valence-electron chi connectivity index (χ2n) is 4.93. The zero-order chi connectivity index (χ0) is 16.7. The molecule has 0 bridgehead atoms. The summed E-state index contributed by atoms with van der Waals surface area (Å²) >= 11 is 0. The van der Waals surface area contributed by atoms with Crippen molar-refractivity contribution in [3.63, 3.8) is 0 Å². The third-order valence-electron chi connectivity index (χ3n) is 3.33. The molecule has 0 radical (unpaired) electrons. The van der Waals surface area contributed by atoms with Gasteiger partial charge in [0.15, 0.2) is 0 Å². The van der Waals surface area contributed by atoms with E-state index in [9.17, 15) is 14.7 Å². The van der Waals surface area contributed by atoms with E-state index in [1.165, 1.54) is 0 Å². The molecule has 1 amide bonds. The maximum atomic E-state index is 11.8. The Bertz CT molecular complexity index is 654. The van der Waals surface area contributed by atoms with Crippen molar-refractivity contribution in [2.45, 2.75) is 32.5 Å². The SMILES string of the molecule is CCn1ccnc1CC(NC(=O)OCc1ccccc1)C(=O)O. The Morgan fingerprint density at radius 1 is 1.35 bits per heavy atom. The van der Waals surface area contributed by atoms with Gasteiger partial charge in [-0.1, -0.05) is 30.3 Å². The summed E-state index contributed by atoms with van der Waals surface area (Å²) in [5, 5.41) is 11.6. The quantitative estimate of drug-likeness (QED) is 0.812. The van der Waals surface area contributed by atoms with Gasteiger partial charge in [-0.15, -0.1) is 0 Å². The Hall–Kier alpha value is -2.83. The normalized spacial score (nSPS) is 11.7. The molecule has 1 heterocycles. The summed E-state index contributed by atoms with van der Waals surface area (Å²) in [6.07, 6.45) is 2.69. The molecule has 0 saturated carbocycles. The number of carboxylic acid groups (broad SMARTS) is 1. The summed E-state index contributed by atoms with van der Waals surface area (Å²) in [6.45, 7) is 2.70. The fourth-order valence-electron chi connectivity index (χ4n) is 2.11. The van der Waals surface area contributed by atoms with E-state index in [-0.39, 0.29) is 13.0 Å². The highest BCUT2D eigenvalue weighted by Crippen LogP contribution is 2.04. The molecule has 0 aliphatic carbocycles. The van der Waals surface area contributed by atoms with Gasteiger partial charge in [0.1, 0.15) is 18.5 Å². The largest absolute Gasteiger partial charge is 0.480 e. The Kier molecular flexibility index (Phi) is 5.74. The second-order valence-corrected chi connectivity index (χ2v) is 4.93. The molecule has 0 spiro atoms. The summed E-state index contributed by atoms with van der Waals surface area (Å²) in [4.78, 5) is 27.2. The van der Waals surface area contributed by atoms with Crippen LogP contribution in [-0.4, -0.2) is 32.8 Å². The first-order valence-electron chi connectivity index (χ1n) is 7.30. The van der Waals surface area contributed by atoms with Crippen molar-refractivity contribution in [1.82, 2.24) is 14.9 Å². The first-order valence-corrected chi connectivity index (χ1v) is 7.30. The number of carbonyl (C=O) groups excluding carboxylic acids is 1. The van der Waals surface area contributed by atoms with Crippen LogP contribution in [0, 0.1) is 0 Å². The van der Waals surface area contributed by atoms with E-state index in [1.807, 2.05) is 41.8 Å². The highest BCUT2D eigenvalue weighted by atomic mass is 16.5. The van der Waals surface area contributed by atoms with Crippen molar-refractivity contribution in [2.75, 3.05) is 0 Å². The van der Waals surface area contributed by atoms with Crippen molar-refractivity contribution in [1.29, 1.82) is 0 Å². The number of alkyl carbamates (subject to hydrolysis) is 1. The van der Waals surface area contributed by atoms with Crippen LogP contribution in [0.2, 0.25) is 0 Å². The van der Waals surface area contributed by atoms with Crippen LogP contribution in [0.25, 0.3) is 0 Å². The molecule has 1 aromatic heterocycles. The number of amides is 1. The van der Waals surface area contributed by atoms with Gasteiger partial charge in [0.25, 0.3) is 0 Å². The van der Waals surface area contributed by atoms with Crippen LogP contribution in [0.3, 0.4) is 0 Å². The van der Waals surface area contributed by atoms with E-state index in [0.717, 1.165) is 5.56 Å². The number of aliphatic carboxylic acids is 1. The average Bonchev–Trinajstić information content (AvgIpc) is 3.00. The number of rotatable bonds is 7. The fraction of sp³-hybridized carbons (Fsp3) is 0.312. The minimum absolute atomic E-state index is 0.0859.